The normalized spacial score (nSPS) is 16.3. The largest absolute Gasteiger partial charge is 0.497 e. The van der Waals surface area contributed by atoms with Gasteiger partial charge in [0, 0.05) is 0 Å². The molecule has 0 saturated heterocycles. The second-order valence-electron chi connectivity index (χ2n) is 8.15. The number of para-hydroxylation sites is 1. The minimum absolute atomic E-state index is 0.443. The third-order valence-electron chi connectivity index (χ3n) is 4.88. The Kier molecular flexibility index (Phi) is 31.9. The number of methoxy groups -OCH3 is 1. The van der Waals surface area contributed by atoms with Crippen molar-refractivity contribution in [2.45, 2.75) is 89.7 Å². The summed E-state index contributed by atoms with van der Waals surface area (Å²) in [7, 11) is 1.66. The van der Waals surface area contributed by atoms with E-state index in [9.17, 15) is 0 Å². The second kappa shape index (κ2) is 34.0. The average molecular weight is 936 g/mol. The molecule has 0 atom stereocenters. The first kappa shape index (κ1) is 38.5. The summed E-state index contributed by atoms with van der Waals surface area (Å²) >= 11 is 2.66. The molecule has 0 N–H and O–H groups in total. The molecule has 0 spiro atoms. The van der Waals surface area contributed by atoms with Crippen LogP contribution in [0.15, 0.2) is 30.3 Å². The van der Waals surface area contributed by atoms with Crippen LogP contribution >= 0.6 is 0 Å². The molecule has 0 aromatic heterocycles. The summed E-state index contributed by atoms with van der Waals surface area (Å²) in [6.07, 6.45) is 11.8. The second-order valence-corrected chi connectivity index (χ2v) is 19.5. The molecule has 0 amide bonds. The molecule has 41 heavy (non-hydrogen) atoms. The number of hydrogen-bond donors (Lipinski definition) is 0. The summed E-state index contributed by atoms with van der Waals surface area (Å²) < 4.78 is 4.91. The number of ether oxygens (including phenoxy) is 1. The standard InChI is InChI=1S/C27H30Se6.C7H8O/c1-4-16-28-22-10-12-24-30-18-6-2-8-20-32-26-14-15-27-33-21-9-3-7-19-31-25-13-11-23-29-17-5-1;1-8-7-5-3-2-4-6-7/h1-9,16-21H2;2-6H,1H3. The minimum Gasteiger partial charge on any atom is -0.497 e. The van der Waals surface area contributed by atoms with E-state index in [0.29, 0.717) is 89.7 Å². The van der Waals surface area contributed by atoms with Crippen molar-refractivity contribution in [1.29, 1.82) is 0 Å². The molecule has 1 aromatic rings. The van der Waals surface area contributed by atoms with E-state index >= 15 is 0 Å². The molecule has 0 aliphatic carbocycles. The van der Waals surface area contributed by atoms with Crippen molar-refractivity contribution < 1.29 is 4.74 Å². The molecule has 0 unspecified atom stereocenters. The molecule has 1 nitrogen and oxygen atoms in total. The molecule has 0 radical (unpaired) electrons. The van der Waals surface area contributed by atoms with Gasteiger partial charge in [-0.1, -0.05) is 18.2 Å². The van der Waals surface area contributed by atoms with Gasteiger partial charge >= 0.3 is 244 Å². The smallest absolute Gasteiger partial charge is 0.118 e. The Bertz CT molecular complexity index is 970. The van der Waals surface area contributed by atoms with Crippen molar-refractivity contribution >= 4 is 89.7 Å². The van der Waals surface area contributed by atoms with E-state index in [2.05, 4.69) is 64.4 Å². The summed E-state index contributed by atoms with van der Waals surface area (Å²) in [5.74, 6) is 19.3. The van der Waals surface area contributed by atoms with Gasteiger partial charge in [0.1, 0.15) is 5.75 Å². The quantitative estimate of drug-likeness (QED) is 0.260. The summed E-state index contributed by atoms with van der Waals surface area (Å²) in [6, 6.07) is 9.68. The third kappa shape index (κ3) is 30.7. The molecular weight excluding hydrogens is 898 g/mol. The van der Waals surface area contributed by atoms with E-state index in [1.54, 1.807) is 7.11 Å². The van der Waals surface area contributed by atoms with Gasteiger partial charge in [-0.05, 0) is 12.1 Å². The molecule has 0 fully saturated rings. The van der Waals surface area contributed by atoms with Gasteiger partial charge in [-0.15, -0.1) is 0 Å². The third-order valence-corrected chi connectivity index (χ3v) is 14.2. The monoisotopic (exact) mass is 942 g/mol. The van der Waals surface area contributed by atoms with Crippen LogP contribution < -0.4 is 4.74 Å². The van der Waals surface area contributed by atoms with Crippen LogP contribution in [0.5, 0.6) is 5.75 Å². The first-order chi connectivity index (χ1) is 20.4. The van der Waals surface area contributed by atoms with Crippen molar-refractivity contribution in [2.24, 2.45) is 0 Å². The van der Waals surface area contributed by atoms with Crippen LogP contribution in [-0.2, 0) is 0 Å². The van der Waals surface area contributed by atoms with E-state index in [-0.39, 0.29) is 0 Å². The van der Waals surface area contributed by atoms with E-state index in [1.807, 2.05) is 30.3 Å². The minimum atomic E-state index is 0.443. The Morgan fingerprint density at radius 2 is 0.683 bits per heavy atom. The maximum atomic E-state index is 4.91. The molecule has 0 bridgehead atoms. The van der Waals surface area contributed by atoms with Crippen LogP contribution in [0.1, 0.15) is 57.8 Å². The van der Waals surface area contributed by atoms with Gasteiger partial charge in [0.2, 0.25) is 0 Å². The van der Waals surface area contributed by atoms with Crippen molar-refractivity contribution in [3.8, 4) is 70.2 Å². The molecular formula is C34H38OSe6. The Balaban J connectivity index is 0.000000895. The Hall–Kier alpha value is -0.503. The zero-order valence-electron chi connectivity index (χ0n) is 23.9. The fourth-order valence-electron chi connectivity index (χ4n) is 2.81. The predicted molar refractivity (Wildman–Crippen MR) is 185 cm³/mol. The summed E-state index contributed by atoms with van der Waals surface area (Å²) in [4.78, 5) is 19.6. The number of benzene rings is 1. The molecule has 0 saturated carbocycles. The van der Waals surface area contributed by atoms with Gasteiger partial charge in [0.05, 0.1) is 7.11 Å². The van der Waals surface area contributed by atoms with Crippen LogP contribution in [0, 0.1) is 64.4 Å². The maximum absolute atomic E-state index is 4.91. The summed E-state index contributed by atoms with van der Waals surface area (Å²) in [6.45, 7) is 0. The van der Waals surface area contributed by atoms with Crippen LogP contribution in [0.25, 0.3) is 0 Å². The molecule has 1 heterocycles. The SMILES string of the molecule is C1#C[Se]CCCCC[Se]C#CC#C[Se]CCCCC[Se]C#CC#C[Se]CCCCC[Se]C#C1.COc1ccccc1. The van der Waals surface area contributed by atoms with E-state index in [1.165, 1.54) is 89.7 Å². The van der Waals surface area contributed by atoms with Gasteiger partial charge < -0.3 is 4.74 Å². The molecule has 1 aromatic carbocycles. The fraction of sp³-hybridized carbons (Fsp3) is 0.471. The molecule has 216 valence electrons. The van der Waals surface area contributed by atoms with Crippen LogP contribution in [0.2, 0.25) is 31.9 Å². The van der Waals surface area contributed by atoms with E-state index in [0.717, 1.165) is 5.75 Å². The fourth-order valence-corrected chi connectivity index (χ4v) is 10.0. The van der Waals surface area contributed by atoms with Crippen molar-refractivity contribution in [3.63, 3.8) is 0 Å². The molecule has 1 aliphatic heterocycles. The van der Waals surface area contributed by atoms with Crippen LogP contribution in [0.3, 0.4) is 0 Å². The van der Waals surface area contributed by atoms with Crippen molar-refractivity contribution in [1.82, 2.24) is 0 Å². The van der Waals surface area contributed by atoms with Gasteiger partial charge in [-0.2, -0.15) is 0 Å². The zero-order valence-corrected chi connectivity index (χ0v) is 34.1. The first-order valence-electron chi connectivity index (χ1n) is 13.7. The number of rotatable bonds is 1. The topological polar surface area (TPSA) is 9.23 Å². The zero-order chi connectivity index (χ0) is 29.2. The maximum Gasteiger partial charge on any atom is 0.118 e. The average Bonchev–Trinajstić information content (AvgIpc) is 3.01. The van der Waals surface area contributed by atoms with Gasteiger partial charge in [-0.3, -0.25) is 0 Å². The molecule has 7 heteroatoms. The predicted octanol–water partition coefficient (Wildman–Crippen LogP) is 5.71. The number of hydrogen-bond acceptors (Lipinski definition) is 1. The van der Waals surface area contributed by atoms with Crippen molar-refractivity contribution in [2.75, 3.05) is 7.11 Å². The Morgan fingerprint density at radius 1 is 0.415 bits per heavy atom. The van der Waals surface area contributed by atoms with Gasteiger partial charge in [-0.25, -0.2) is 0 Å². The van der Waals surface area contributed by atoms with Gasteiger partial charge in [0.25, 0.3) is 0 Å². The first-order valence-corrected chi connectivity index (χ1v) is 26.1. The summed E-state index contributed by atoms with van der Waals surface area (Å²) in [5.41, 5.74) is 0. The Morgan fingerprint density at radius 3 is 0.902 bits per heavy atom. The van der Waals surface area contributed by atoms with Crippen molar-refractivity contribution in [3.05, 3.63) is 30.3 Å². The van der Waals surface area contributed by atoms with E-state index in [4.69, 9.17) is 4.74 Å². The van der Waals surface area contributed by atoms with Crippen LogP contribution in [0.4, 0.5) is 0 Å². The molecule has 1 aliphatic rings. The van der Waals surface area contributed by atoms with E-state index < -0.39 is 0 Å². The molecule has 2 rings (SSSR count). The Labute approximate surface area is 288 Å². The van der Waals surface area contributed by atoms with Gasteiger partial charge in [0.15, 0.2) is 0 Å². The van der Waals surface area contributed by atoms with Crippen LogP contribution in [-0.4, -0.2) is 96.9 Å². The summed E-state index contributed by atoms with van der Waals surface area (Å²) in [5, 5.41) is 7.57.